The summed E-state index contributed by atoms with van der Waals surface area (Å²) in [4.78, 5) is 25.3. The fraction of sp³-hybridized carbons (Fsp3) is 0.143. The first-order chi connectivity index (χ1) is 9.49. The van der Waals surface area contributed by atoms with Crippen molar-refractivity contribution < 1.29 is 14.0 Å². The van der Waals surface area contributed by atoms with Crippen LogP contribution in [0.5, 0.6) is 0 Å². The molecule has 1 aromatic carbocycles. The fourth-order valence-electron chi connectivity index (χ4n) is 1.66. The van der Waals surface area contributed by atoms with E-state index in [0.717, 1.165) is 0 Å². The number of nitrogens with one attached hydrogen (secondary N) is 1. The van der Waals surface area contributed by atoms with Gasteiger partial charge in [-0.3, -0.25) is 9.59 Å². The van der Waals surface area contributed by atoms with Crippen molar-refractivity contribution in [2.24, 2.45) is 0 Å². The van der Waals surface area contributed by atoms with Gasteiger partial charge in [0, 0.05) is 14.0 Å². The summed E-state index contributed by atoms with van der Waals surface area (Å²) < 4.78 is 13.4. The van der Waals surface area contributed by atoms with E-state index in [4.69, 9.17) is 0 Å². The summed E-state index contributed by atoms with van der Waals surface area (Å²) in [5, 5.41) is 4.41. The van der Waals surface area contributed by atoms with Crippen LogP contribution in [0, 0.1) is 5.82 Å². The molecule has 0 spiro atoms. The van der Waals surface area contributed by atoms with Gasteiger partial charge in [0.1, 0.15) is 5.82 Å². The number of carbonyl (C=O) groups is 2. The Morgan fingerprint density at radius 3 is 2.65 bits per heavy atom. The van der Waals surface area contributed by atoms with E-state index in [9.17, 15) is 14.0 Å². The van der Waals surface area contributed by atoms with Crippen LogP contribution in [-0.4, -0.2) is 18.9 Å². The molecule has 2 amide bonds. The molecule has 20 heavy (non-hydrogen) atoms. The second kappa shape index (κ2) is 5.83. The van der Waals surface area contributed by atoms with Gasteiger partial charge in [-0.15, -0.1) is 11.3 Å². The average Bonchev–Trinajstić information content (AvgIpc) is 2.92. The van der Waals surface area contributed by atoms with E-state index in [2.05, 4.69) is 5.32 Å². The first-order valence-corrected chi connectivity index (χ1v) is 6.75. The van der Waals surface area contributed by atoms with Gasteiger partial charge in [-0.25, -0.2) is 4.39 Å². The van der Waals surface area contributed by atoms with E-state index >= 15 is 0 Å². The summed E-state index contributed by atoms with van der Waals surface area (Å²) in [7, 11) is 1.57. The van der Waals surface area contributed by atoms with Gasteiger partial charge in [0.25, 0.3) is 5.91 Å². The second-order valence-electron chi connectivity index (χ2n) is 4.17. The third kappa shape index (κ3) is 3.03. The first kappa shape index (κ1) is 14.2. The minimum Gasteiger partial charge on any atom is -0.319 e. The molecule has 0 aliphatic rings. The molecule has 0 unspecified atom stereocenters. The van der Waals surface area contributed by atoms with Crippen molar-refractivity contribution >= 4 is 34.5 Å². The molecule has 0 aliphatic carbocycles. The number of benzene rings is 1. The Morgan fingerprint density at radius 2 is 2.05 bits per heavy atom. The van der Waals surface area contributed by atoms with Gasteiger partial charge in [-0.05, 0) is 29.6 Å². The summed E-state index contributed by atoms with van der Waals surface area (Å²) >= 11 is 1.29. The molecule has 104 valence electrons. The van der Waals surface area contributed by atoms with Crippen molar-refractivity contribution in [1.82, 2.24) is 0 Å². The molecule has 1 N–H and O–H groups in total. The molecule has 0 radical (unpaired) electrons. The molecule has 1 heterocycles. The van der Waals surface area contributed by atoms with Crippen LogP contribution in [0.2, 0.25) is 0 Å². The Hall–Kier alpha value is -2.21. The van der Waals surface area contributed by atoms with Gasteiger partial charge < -0.3 is 10.2 Å². The van der Waals surface area contributed by atoms with Crippen LogP contribution in [0.1, 0.15) is 16.6 Å². The number of amides is 2. The minimum atomic E-state index is -0.479. The van der Waals surface area contributed by atoms with Gasteiger partial charge in [-0.2, -0.15) is 0 Å². The Balaban J connectivity index is 2.32. The van der Waals surface area contributed by atoms with E-state index in [1.807, 2.05) is 0 Å². The van der Waals surface area contributed by atoms with Crippen molar-refractivity contribution in [3.63, 3.8) is 0 Å². The van der Waals surface area contributed by atoms with Crippen LogP contribution in [0.25, 0.3) is 0 Å². The maximum absolute atomic E-state index is 13.4. The first-order valence-electron chi connectivity index (χ1n) is 5.87. The molecule has 2 rings (SSSR count). The average molecular weight is 292 g/mol. The van der Waals surface area contributed by atoms with Gasteiger partial charge in [-0.1, -0.05) is 6.07 Å². The van der Waals surface area contributed by atoms with Crippen molar-refractivity contribution in [3.05, 3.63) is 46.4 Å². The summed E-state index contributed by atoms with van der Waals surface area (Å²) in [6.07, 6.45) is 0. The zero-order valence-corrected chi connectivity index (χ0v) is 11.8. The predicted molar refractivity (Wildman–Crippen MR) is 77.8 cm³/mol. The Bertz CT molecular complexity index is 641. The number of thiophene rings is 1. The highest BCUT2D eigenvalue weighted by Crippen LogP contribution is 2.27. The van der Waals surface area contributed by atoms with Gasteiger partial charge in [0.15, 0.2) is 0 Å². The van der Waals surface area contributed by atoms with Crippen LogP contribution < -0.4 is 10.2 Å². The normalized spacial score (nSPS) is 10.2. The summed E-state index contributed by atoms with van der Waals surface area (Å²) in [6, 6.07) is 7.33. The molecular formula is C14H13FN2O2S. The molecule has 0 atom stereocenters. The van der Waals surface area contributed by atoms with E-state index in [1.54, 1.807) is 24.6 Å². The van der Waals surface area contributed by atoms with E-state index in [1.165, 1.54) is 41.4 Å². The minimum absolute atomic E-state index is 0.205. The molecular weight excluding hydrogens is 279 g/mol. The monoisotopic (exact) mass is 292 g/mol. The predicted octanol–water partition coefficient (Wildman–Crippen LogP) is 3.12. The number of carbonyl (C=O) groups excluding carboxylic acids is 2. The Morgan fingerprint density at radius 1 is 1.30 bits per heavy atom. The van der Waals surface area contributed by atoms with Crippen LogP contribution >= 0.6 is 11.3 Å². The molecule has 0 bridgehead atoms. The smallest absolute Gasteiger partial charge is 0.265 e. The summed E-state index contributed by atoms with van der Waals surface area (Å²) in [6.45, 7) is 1.40. The zero-order chi connectivity index (χ0) is 14.7. The lowest BCUT2D eigenvalue weighted by molar-refractivity contribution is -0.116. The third-order valence-corrected chi connectivity index (χ3v) is 3.65. The van der Waals surface area contributed by atoms with Crippen LogP contribution in [-0.2, 0) is 4.79 Å². The van der Waals surface area contributed by atoms with E-state index in [0.29, 0.717) is 10.6 Å². The van der Waals surface area contributed by atoms with Gasteiger partial charge in [0.2, 0.25) is 5.91 Å². The zero-order valence-electron chi connectivity index (χ0n) is 11.0. The van der Waals surface area contributed by atoms with Crippen molar-refractivity contribution in [1.29, 1.82) is 0 Å². The van der Waals surface area contributed by atoms with Crippen LogP contribution in [0.3, 0.4) is 0 Å². The van der Waals surface area contributed by atoms with Crippen LogP contribution in [0.15, 0.2) is 35.7 Å². The number of hydrogen-bond donors (Lipinski definition) is 1. The van der Waals surface area contributed by atoms with Crippen molar-refractivity contribution in [3.8, 4) is 0 Å². The van der Waals surface area contributed by atoms with Crippen molar-refractivity contribution in [2.45, 2.75) is 6.92 Å². The Kier molecular flexibility index (Phi) is 4.14. The molecule has 0 saturated heterocycles. The molecule has 1 aromatic heterocycles. The SMILES string of the molecule is CC(=O)N(C)c1ccc(F)cc1NC(=O)c1cccs1. The molecule has 2 aromatic rings. The number of anilines is 2. The van der Waals surface area contributed by atoms with E-state index < -0.39 is 5.82 Å². The lowest BCUT2D eigenvalue weighted by Crippen LogP contribution is -2.24. The largest absolute Gasteiger partial charge is 0.319 e. The van der Waals surface area contributed by atoms with E-state index in [-0.39, 0.29) is 17.5 Å². The lowest BCUT2D eigenvalue weighted by Gasteiger charge is -2.19. The maximum atomic E-state index is 13.4. The van der Waals surface area contributed by atoms with Crippen LogP contribution in [0.4, 0.5) is 15.8 Å². The van der Waals surface area contributed by atoms with Crippen molar-refractivity contribution in [2.75, 3.05) is 17.3 Å². The fourth-order valence-corrected chi connectivity index (χ4v) is 2.28. The van der Waals surface area contributed by atoms with Gasteiger partial charge in [0.05, 0.1) is 16.3 Å². The quantitative estimate of drug-likeness (QED) is 0.945. The molecule has 6 heteroatoms. The maximum Gasteiger partial charge on any atom is 0.265 e. The molecule has 0 fully saturated rings. The Labute approximate surface area is 119 Å². The highest BCUT2D eigenvalue weighted by Gasteiger charge is 2.15. The standard InChI is InChI=1S/C14H13FN2O2S/c1-9(18)17(2)12-6-5-10(15)8-11(12)16-14(19)13-4-3-7-20-13/h3-8H,1-2H3,(H,16,19). The number of rotatable bonds is 3. The third-order valence-electron chi connectivity index (χ3n) is 2.79. The molecule has 0 saturated carbocycles. The highest BCUT2D eigenvalue weighted by atomic mass is 32.1. The number of halogens is 1. The lowest BCUT2D eigenvalue weighted by atomic mass is 10.2. The number of hydrogen-bond acceptors (Lipinski definition) is 3. The molecule has 0 aliphatic heterocycles. The topological polar surface area (TPSA) is 49.4 Å². The summed E-state index contributed by atoms with van der Waals surface area (Å²) in [5.74, 6) is -1.01. The van der Waals surface area contributed by atoms with Gasteiger partial charge >= 0.3 is 0 Å². The molecule has 4 nitrogen and oxygen atoms in total. The highest BCUT2D eigenvalue weighted by molar-refractivity contribution is 7.12. The summed E-state index contributed by atoms with van der Waals surface area (Å²) in [5.41, 5.74) is 0.713. The second-order valence-corrected chi connectivity index (χ2v) is 5.12. The number of nitrogens with zero attached hydrogens (tertiary/aromatic N) is 1.